The number of sulfonamides is 1. The molecule has 0 fully saturated rings. The fourth-order valence-electron chi connectivity index (χ4n) is 3.37. The van der Waals surface area contributed by atoms with Crippen molar-refractivity contribution in [3.05, 3.63) is 83.7 Å². The van der Waals surface area contributed by atoms with Gasteiger partial charge in [-0.3, -0.25) is 9.52 Å². The van der Waals surface area contributed by atoms with Gasteiger partial charge in [0.15, 0.2) is 11.4 Å². The quantitative estimate of drug-likeness (QED) is 0.442. The van der Waals surface area contributed by atoms with Crippen molar-refractivity contribution < 1.29 is 13.2 Å². The van der Waals surface area contributed by atoms with E-state index in [1.165, 1.54) is 6.20 Å². The molecule has 0 aliphatic rings. The number of carbonyl (C=O) groups excluding carboxylic acids is 1. The highest BCUT2D eigenvalue weighted by molar-refractivity contribution is 7.92. The van der Waals surface area contributed by atoms with Crippen LogP contribution in [-0.4, -0.2) is 34.6 Å². The molecule has 2 aromatic carbocycles. The Labute approximate surface area is 180 Å². The summed E-state index contributed by atoms with van der Waals surface area (Å²) in [6, 6.07) is 16.2. The molecule has 0 spiro atoms. The van der Waals surface area contributed by atoms with Crippen LogP contribution in [0.3, 0.4) is 0 Å². The van der Waals surface area contributed by atoms with Crippen molar-refractivity contribution in [1.29, 1.82) is 0 Å². The molecule has 0 unspecified atom stereocenters. The summed E-state index contributed by atoms with van der Waals surface area (Å²) in [6.45, 7) is 3.78. The molecule has 2 aromatic heterocycles. The van der Waals surface area contributed by atoms with Crippen molar-refractivity contribution in [3.8, 4) is 11.3 Å². The molecule has 7 nitrogen and oxygen atoms in total. The summed E-state index contributed by atoms with van der Waals surface area (Å²) in [5.41, 5.74) is 4.42. The lowest BCUT2D eigenvalue weighted by Crippen LogP contribution is -2.16. The van der Waals surface area contributed by atoms with E-state index in [9.17, 15) is 13.2 Å². The molecule has 0 atom stereocenters. The van der Waals surface area contributed by atoms with Crippen molar-refractivity contribution in [2.45, 2.75) is 20.3 Å². The monoisotopic (exact) mass is 434 g/mol. The van der Waals surface area contributed by atoms with E-state index in [1.54, 1.807) is 47.1 Å². The summed E-state index contributed by atoms with van der Waals surface area (Å²) in [4.78, 5) is 17.3. The van der Waals surface area contributed by atoms with Gasteiger partial charge < -0.3 is 0 Å². The van der Waals surface area contributed by atoms with E-state index in [1.807, 2.05) is 32.0 Å². The molecular formula is C23H22N4O3S. The van der Waals surface area contributed by atoms with E-state index in [0.29, 0.717) is 34.6 Å². The predicted molar refractivity (Wildman–Crippen MR) is 121 cm³/mol. The van der Waals surface area contributed by atoms with Gasteiger partial charge in [0.25, 0.3) is 0 Å². The number of rotatable bonds is 7. The van der Waals surface area contributed by atoms with Crippen LogP contribution in [0, 0.1) is 6.92 Å². The van der Waals surface area contributed by atoms with E-state index >= 15 is 0 Å². The predicted octanol–water partition coefficient (Wildman–Crippen LogP) is 4.09. The van der Waals surface area contributed by atoms with Crippen LogP contribution in [0.4, 0.5) is 5.69 Å². The standard InChI is InChI=1S/C23H22N4O3S/c1-3-13-31(29,30)26-19-6-4-5-18(14-19)21-11-12-24-23-20(15-25-27(21)23)22(28)17-9-7-16(2)8-10-17/h4-12,14-15,26H,3,13H2,1-2H3. The van der Waals surface area contributed by atoms with Crippen LogP contribution in [0.25, 0.3) is 16.9 Å². The lowest BCUT2D eigenvalue weighted by Gasteiger charge is -2.10. The summed E-state index contributed by atoms with van der Waals surface area (Å²) in [6.07, 6.45) is 3.67. The third-order valence-corrected chi connectivity index (χ3v) is 6.36. The smallest absolute Gasteiger partial charge is 0.232 e. The van der Waals surface area contributed by atoms with Gasteiger partial charge in [-0.25, -0.2) is 17.9 Å². The fourth-order valence-corrected chi connectivity index (χ4v) is 4.50. The maximum absolute atomic E-state index is 13.0. The first-order chi connectivity index (χ1) is 14.9. The van der Waals surface area contributed by atoms with E-state index in [0.717, 1.165) is 11.1 Å². The zero-order chi connectivity index (χ0) is 22.0. The fraction of sp³-hybridized carbons (Fsp3) is 0.174. The normalized spacial score (nSPS) is 11.5. The Balaban J connectivity index is 1.73. The molecule has 0 saturated carbocycles. The second kappa shape index (κ2) is 8.31. The number of nitrogens with one attached hydrogen (secondary N) is 1. The van der Waals surface area contributed by atoms with Gasteiger partial charge in [-0.1, -0.05) is 48.9 Å². The molecule has 31 heavy (non-hydrogen) atoms. The summed E-state index contributed by atoms with van der Waals surface area (Å²) >= 11 is 0. The molecule has 4 rings (SSSR count). The number of fused-ring (bicyclic) bond motifs is 1. The Morgan fingerprint density at radius 3 is 2.61 bits per heavy atom. The van der Waals surface area contributed by atoms with E-state index in [-0.39, 0.29) is 11.5 Å². The average molecular weight is 435 g/mol. The SMILES string of the molecule is CCCS(=O)(=O)Nc1cccc(-c2ccnc3c(C(=O)c4ccc(C)cc4)cnn23)c1. The molecule has 0 aliphatic carbocycles. The third kappa shape index (κ3) is 4.34. The molecule has 0 radical (unpaired) electrons. The first-order valence-electron chi connectivity index (χ1n) is 9.93. The number of aryl methyl sites for hydroxylation is 1. The van der Waals surface area contributed by atoms with Gasteiger partial charge >= 0.3 is 0 Å². The summed E-state index contributed by atoms with van der Waals surface area (Å²) in [5.74, 6) is -0.0962. The molecule has 1 N–H and O–H groups in total. The van der Waals surface area contributed by atoms with Gasteiger partial charge in [0.05, 0.1) is 23.2 Å². The first kappa shape index (κ1) is 20.7. The van der Waals surface area contributed by atoms with Crippen LogP contribution in [0.2, 0.25) is 0 Å². The number of anilines is 1. The Hall–Kier alpha value is -3.52. The zero-order valence-corrected chi connectivity index (χ0v) is 18.1. The van der Waals surface area contributed by atoms with Gasteiger partial charge in [-0.15, -0.1) is 0 Å². The van der Waals surface area contributed by atoms with Crippen LogP contribution in [0.5, 0.6) is 0 Å². The number of aromatic nitrogens is 3. The lowest BCUT2D eigenvalue weighted by molar-refractivity contribution is 0.104. The molecule has 8 heteroatoms. The highest BCUT2D eigenvalue weighted by Gasteiger charge is 2.18. The topological polar surface area (TPSA) is 93.4 Å². The van der Waals surface area contributed by atoms with Gasteiger partial charge in [-0.2, -0.15) is 5.10 Å². The molecule has 2 heterocycles. The van der Waals surface area contributed by atoms with Gasteiger partial charge in [-0.05, 0) is 31.5 Å². The molecule has 158 valence electrons. The summed E-state index contributed by atoms with van der Waals surface area (Å²) < 4.78 is 28.4. The third-order valence-electron chi connectivity index (χ3n) is 4.86. The number of carbonyl (C=O) groups is 1. The van der Waals surface area contributed by atoms with Crippen LogP contribution < -0.4 is 4.72 Å². The minimum absolute atomic E-state index is 0.0559. The summed E-state index contributed by atoms with van der Waals surface area (Å²) in [5, 5.41) is 4.39. The molecule has 0 amide bonds. The molecular weight excluding hydrogens is 412 g/mol. The van der Waals surface area contributed by atoms with Crippen molar-refractivity contribution in [2.24, 2.45) is 0 Å². The van der Waals surface area contributed by atoms with Crippen LogP contribution in [0.15, 0.2) is 67.0 Å². The molecule has 0 bridgehead atoms. The van der Waals surface area contributed by atoms with Crippen LogP contribution >= 0.6 is 0 Å². The zero-order valence-electron chi connectivity index (χ0n) is 17.2. The number of nitrogens with zero attached hydrogens (tertiary/aromatic N) is 3. The Morgan fingerprint density at radius 1 is 1.10 bits per heavy atom. The molecule has 4 aromatic rings. The van der Waals surface area contributed by atoms with Gasteiger partial charge in [0.1, 0.15) is 0 Å². The Morgan fingerprint density at radius 2 is 1.87 bits per heavy atom. The van der Waals surface area contributed by atoms with E-state index < -0.39 is 10.0 Å². The van der Waals surface area contributed by atoms with Gasteiger partial charge in [0, 0.05) is 23.0 Å². The van der Waals surface area contributed by atoms with Crippen LogP contribution in [0.1, 0.15) is 34.8 Å². The highest BCUT2D eigenvalue weighted by Crippen LogP contribution is 2.25. The number of ketones is 1. The van der Waals surface area contributed by atoms with Crippen LogP contribution in [-0.2, 0) is 10.0 Å². The molecule has 0 saturated heterocycles. The second-order valence-electron chi connectivity index (χ2n) is 7.32. The van der Waals surface area contributed by atoms with Crippen molar-refractivity contribution >= 4 is 27.1 Å². The average Bonchev–Trinajstić information content (AvgIpc) is 3.18. The lowest BCUT2D eigenvalue weighted by atomic mass is 10.0. The van der Waals surface area contributed by atoms with Crippen molar-refractivity contribution in [2.75, 3.05) is 10.5 Å². The largest absolute Gasteiger partial charge is 0.288 e. The Kier molecular flexibility index (Phi) is 5.56. The minimum Gasteiger partial charge on any atom is -0.288 e. The van der Waals surface area contributed by atoms with Crippen molar-refractivity contribution in [3.63, 3.8) is 0 Å². The number of hydrogen-bond donors (Lipinski definition) is 1. The maximum Gasteiger partial charge on any atom is 0.232 e. The van der Waals surface area contributed by atoms with E-state index in [4.69, 9.17) is 0 Å². The summed E-state index contributed by atoms with van der Waals surface area (Å²) in [7, 11) is -3.40. The van der Waals surface area contributed by atoms with Gasteiger partial charge in [0.2, 0.25) is 10.0 Å². The number of hydrogen-bond acceptors (Lipinski definition) is 5. The Bertz CT molecular complexity index is 1360. The first-order valence-corrected chi connectivity index (χ1v) is 11.6. The van der Waals surface area contributed by atoms with Crippen molar-refractivity contribution in [1.82, 2.24) is 14.6 Å². The number of benzene rings is 2. The second-order valence-corrected chi connectivity index (χ2v) is 9.16. The minimum atomic E-state index is -3.40. The van der Waals surface area contributed by atoms with E-state index in [2.05, 4.69) is 14.8 Å². The maximum atomic E-state index is 13.0. The highest BCUT2D eigenvalue weighted by atomic mass is 32.2. The molecule has 0 aliphatic heterocycles.